The minimum absolute atomic E-state index is 1.10. The minimum atomic E-state index is 1.10. The summed E-state index contributed by atoms with van der Waals surface area (Å²) in [5.74, 6) is 0. The zero-order valence-electron chi connectivity index (χ0n) is 9.34. The van der Waals surface area contributed by atoms with Gasteiger partial charge in [-0.3, -0.25) is 0 Å². The number of hydrogen-bond acceptors (Lipinski definition) is 1. The van der Waals surface area contributed by atoms with E-state index in [9.17, 15) is 0 Å². The van der Waals surface area contributed by atoms with E-state index in [1.807, 2.05) is 0 Å². The van der Waals surface area contributed by atoms with Gasteiger partial charge in [-0.2, -0.15) is 0 Å². The zero-order valence-corrected chi connectivity index (χ0v) is 9.34. The first kappa shape index (κ1) is 11.1. The Morgan fingerprint density at radius 1 is 1.00 bits per heavy atom. The molecule has 0 radical (unpaired) electrons. The van der Waals surface area contributed by atoms with Crippen LogP contribution in [-0.2, 0) is 6.42 Å². The van der Waals surface area contributed by atoms with Crippen molar-refractivity contribution in [2.45, 2.75) is 39.5 Å². The van der Waals surface area contributed by atoms with E-state index in [-0.39, 0.29) is 0 Å². The molecule has 78 valence electrons. The smallest absolute Gasteiger partial charge is 0.0340 e. The van der Waals surface area contributed by atoms with Crippen molar-refractivity contribution in [3.63, 3.8) is 0 Å². The van der Waals surface area contributed by atoms with E-state index in [0.29, 0.717) is 0 Å². The maximum absolute atomic E-state index is 3.43. The molecule has 1 aromatic rings. The van der Waals surface area contributed by atoms with Gasteiger partial charge in [0.2, 0.25) is 0 Å². The van der Waals surface area contributed by atoms with Gasteiger partial charge in [0.25, 0.3) is 0 Å². The summed E-state index contributed by atoms with van der Waals surface area (Å²) >= 11 is 0. The van der Waals surface area contributed by atoms with Gasteiger partial charge in [0.15, 0.2) is 0 Å². The maximum atomic E-state index is 3.43. The molecule has 1 rings (SSSR count). The highest BCUT2D eigenvalue weighted by Gasteiger charge is 1.91. The van der Waals surface area contributed by atoms with Crippen molar-refractivity contribution in [2.75, 3.05) is 11.9 Å². The lowest BCUT2D eigenvalue weighted by molar-refractivity contribution is 0.744. The second-order valence-electron chi connectivity index (χ2n) is 3.68. The summed E-state index contributed by atoms with van der Waals surface area (Å²) in [6.07, 6.45) is 5.00. The second-order valence-corrected chi connectivity index (χ2v) is 3.68. The minimum Gasteiger partial charge on any atom is -0.385 e. The van der Waals surface area contributed by atoms with Gasteiger partial charge in [-0.25, -0.2) is 0 Å². The fourth-order valence-corrected chi connectivity index (χ4v) is 1.47. The molecular formula is C13H21N. The lowest BCUT2D eigenvalue weighted by Gasteiger charge is -2.06. The highest BCUT2D eigenvalue weighted by Crippen LogP contribution is 2.10. The van der Waals surface area contributed by atoms with Gasteiger partial charge in [-0.05, 0) is 30.5 Å². The van der Waals surface area contributed by atoms with Crippen molar-refractivity contribution in [2.24, 2.45) is 0 Å². The molecule has 0 saturated carbocycles. The number of aryl methyl sites for hydroxylation is 1. The van der Waals surface area contributed by atoms with Crippen LogP contribution in [0.25, 0.3) is 0 Å². The number of rotatable bonds is 6. The Morgan fingerprint density at radius 3 is 2.29 bits per heavy atom. The molecule has 0 bridgehead atoms. The number of unbranched alkanes of at least 4 members (excludes halogenated alkanes) is 2. The lowest BCUT2D eigenvalue weighted by Crippen LogP contribution is -2.00. The quantitative estimate of drug-likeness (QED) is 0.673. The van der Waals surface area contributed by atoms with Crippen LogP contribution < -0.4 is 5.32 Å². The van der Waals surface area contributed by atoms with Crippen molar-refractivity contribution in [3.8, 4) is 0 Å². The largest absolute Gasteiger partial charge is 0.385 e. The van der Waals surface area contributed by atoms with Gasteiger partial charge in [0, 0.05) is 12.2 Å². The Balaban J connectivity index is 2.29. The van der Waals surface area contributed by atoms with Gasteiger partial charge in [0.1, 0.15) is 0 Å². The number of anilines is 1. The second kappa shape index (κ2) is 6.47. The van der Waals surface area contributed by atoms with E-state index in [2.05, 4.69) is 43.4 Å². The molecule has 0 aliphatic heterocycles. The maximum Gasteiger partial charge on any atom is 0.0340 e. The molecule has 1 nitrogen and oxygen atoms in total. The van der Waals surface area contributed by atoms with Crippen LogP contribution in [0.1, 0.15) is 38.7 Å². The van der Waals surface area contributed by atoms with Crippen LogP contribution in [0, 0.1) is 0 Å². The van der Waals surface area contributed by atoms with Crippen molar-refractivity contribution in [1.29, 1.82) is 0 Å². The van der Waals surface area contributed by atoms with Crippen LogP contribution in [0.5, 0.6) is 0 Å². The molecule has 0 aliphatic rings. The molecule has 0 heterocycles. The highest BCUT2D eigenvalue weighted by atomic mass is 14.9. The third-order valence-corrected chi connectivity index (χ3v) is 2.47. The number of nitrogens with one attached hydrogen (secondary N) is 1. The standard InChI is InChI=1S/C13H21N/c1-3-5-6-11-14-13-9-7-12(4-2)8-10-13/h7-10,14H,3-6,11H2,1-2H3. The Hall–Kier alpha value is -0.980. The summed E-state index contributed by atoms with van der Waals surface area (Å²) in [4.78, 5) is 0. The molecule has 0 spiro atoms. The first-order valence-electron chi connectivity index (χ1n) is 5.69. The number of hydrogen-bond donors (Lipinski definition) is 1. The fraction of sp³-hybridized carbons (Fsp3) is 0.538. The molecule has 1 N–H and O–H groups in total. The van der Waals surface area contributed by atoms with Gasteiger partial charge >= 0.3 is 0 Å². The van der Waals surface area contributed by atoms with E-state index < -0.39 is 0 Å². The molecule has 14 heavy (non-hydrogen) atoms. The average molecular weight is 191 g/mol. The van der Waals surface area contributed by atoms with Crippen LogP contribution in [0.15, 0.2) is 24.3 Å². The highest BCUT2D eigenvalue weighted by molar-refractivity contribution is 5.44. The van der Waals surface area contributed by atoms with Gasteiger partial charge in [-0.1, -0.05) is 38.8 Å². The van der Waals surface area contributed by atoms with Gasteiger partial charge in [-0.15, -0.1) is 0 Å². The lowest BCUT2D eigenvalue weighted by atomic mass is 10.1. The summed E-state index contributed by atoms with van der Waals surface area (Å²) in [5.41, 5.74) is 2.66. The van der Waals surface area contributed by atoms with E-state index in [0.717, 1.165) is 13.0 Å². The predicted octanol–water partition coefficient (Wildman–Crippen LogP) is 3.85. The molecular weight excluding hydrogens is 170 g/mol. The Morgan fingerprint density at radius 2 is 1.71 bits per heavy atom. The van der Waals surface area contributed by atoms with Crippen molar-refractivity contribution < 1.29 is 0 Å². The molecule has 0 saturated heterocycles. The molecule has 1 heteroatoms. The topological polar surface area (TPSA) is 12.0 Å². The molecule has 0 amide bonds. The Labute approximate surface area is 87.5 Å². The monoisotopic (exact) mass is 191 g/mol. The third-order valence-electron chi connectivity index (χ3n) is 2.47. The molecule has 0 aromatic heterocycles. The molecule has 0 unspecified atom stereocenters. The van der Waals surface area contributed by atoms with Crippen LogP contribution in [0.3, 0.4) is 0 Å². The molecule has 0 fully saturated rings. The van der Waals surface area contributed by atoms with Gasteiger partial charge < -0.3 is 5.32 Å². The molecule has 1 aromatic carbocycles. The summed E-state index contributed by atoms with van der Waals surface area (Å²) < 4.78 is 0. The Bertz CT molecular complexity index is 238. The van der Waals surface area contributed by atoms with Crippen molar-refractivity contribution >= 4 is 5.69 Å². The van der Waals surface area contributed by atoms with Crippen LogP contribution in [0.4, 0.5) is 5.69 Å². The van der Waals surface area contributed by atoms with E-state index in [1.54, 1.807) is 0 Å². The SMILES string of the molecule is CCCCCNc1ccc(CC)cc1. The summed E-state index contributed by atoms with van der Waals surface area (Å²) in [6.45, 7) is 5.51. The number of benzene rings is 1. The molecule has 0 atom stereocenters. The van der Waals surface area contributed by atoms with Crippen LogP contribution >= 0.6 is 0 Å². The van der Waals surface area contributed by atoms with E-state index in [1.165, 1.54) is 30.5 Å². The fourth-order valence-electron chi connectivity index (χ4n) is 1.47. The third kappa shape index (κ3) is 3.82. The average Bonchev–Trinajstić information content (AvgIpc) is 2.25. The van der Waals surface area contributed by atoms with Crippen molar-refractivity contribution in [1.82, 2.24) is 0 Å². The van der Waals surface area contributed by atoms with Crippen LogP contribution in [0.2, 0.25) is 0 Å². The normalized spacial score (nSPS) is 10.1. The summed E-state index contributed by atoms with van der Waals surface area (Å²) in [7, 11) is 0. The van der Waals surface area contributed by atoms with E-state index >= 15 is 0 Å². The zero-order chi connectivity index (χ0) is 10.2. The first-order valence-corrected chi connectivity index (χ1v) is 5.69. The predicted molar refractivity (Wildman–Crippen MR) is 63.8 cm³/mol. The van der Waals surface area contributed by atoms with Gasteiger partial charge in [0.05, 0.1) is 0 Å². The van der Waals surface area contributed by atoms with Crippen LogP contribution in [-0.4, -0.2) is 6.54 Å². The Kier molecular flexibility index (Phi) is 5.13. The summed E-state index contributed by atoms with van der Waals surface area (Å²) in [6, 6.07) is 8.74. The first-order chi connectivity index (χ1) is 6.86. The summed E-state index contributed by atoms with van der Waals surface area (Å²) in [5, 5.41) is 3.43. The van der Waals surface area contributed by atoms with E-state index in [4.69, 9.17) is 0 Å². The van der Waals surface area contributed by atoms with Crippen molar-refractivity contribution in [3.05, 3.63) is 29.8 Å². The molecule has 0 aliphatic carbocycles.